The van der Waals surface area contributed by atoms with Crippen molar-refractivity contribution in [2.75, 3.05) is 31.1 Å². The lowest BCUT2D eigenvalue weighted by molar-refractivity contribution is 0.0747. The van der Waals surface area contributed by atoms with Crippen LogP contribution in [-0.4, -0.2) is 42.0 Å². The molecule has 1 aliphatic rings. The maximum absolute atomic E-state index is 12.6. The number of hydrogen-bond acceptors (Lipinski definition) is 4. The van der Waals surface area contributed by atoms with Gasteiger partial charge in [-0.15, -0.1) is 0 Å². The maximum atomic E-state index is 12.6. The smallest absolute Gasteiger partial charge is 0.253 e. The molecule has 2 heterocycles. The standard InChI is InChI=1S/C21H18N4O2/c22-14-15-1-3-16(4-2-15)21(27)25-11-9-24(10-12-25)18-6-7-19-17(13-18)5-8-20(26)23-19/h1-8,13H,9-12H2,(H,23,26). The van der Waals surface area contributed by atoms with Crippen molar-refractivity contribution in [1.29, 1.82) is 5.26 Å². The fourth-order valence-electron chi connectivity index (χ4n) is 3.38. The highest BCUT2D eigenvalue weighted by atomic mass is 16.2. The summed E-state index contributed by atoms with van der Waals surface area (Å²) in [7, 11) is 0. The second kappa shape index (κ2) is 6.96. The van der Waals surface area contributed by atoms with E-state index in [0.717, 1.165) is 29.7 Å². The van der Waals surface area contributed by atoms with Crippen molar-refractivity contribution in [2.24, 2.45) is 0 Å². The number of nitrogens with zero attached hydrogens (tertiary/aromatic N) is 3. The van der Waals surface area contributed by atoms with Crippen LogP contribution in [0.3, 0.4) is 0 Å². The largest absolute Gasteiger partial charge is 0.368 e. The highest BCUT2D eigenvalue weighted by Gasteiger charge is 2.22. The quantitative estimate of drug-likeness (QED) is 0.763. The average molecular weight is 358 g/mol. The molecule has 6 heteroatoms. The molecule has 1 aliphatic heterocycles. The van der Waals surface area contributed by atoms with Gasteiger partial charge in [0.2, 0.25) is 5.56 Å². The van der Waals surface area contributed by atoms with E-state index in [1.165, 1.54) is 6.07 Å². The Bertz CT molecular complexity index is 1090. The van der Waals surface area contributed by atoms with Crippen molar-refractivity contribution in [1.82, 2.24) is 9.88 Å². The summed E-state index contributed by atoms with van der Waals surface area (Å²) in [5.41, 5.74) is 2.96. The zero-order valence-electron chi connectivity index (χ0n) is 14.7. The van der Waals surface area contributed by atoms with E-state index >= 15 is 0 Å². The van der Waals surface area contributed by atoms with Gasteiger partial charge in [0.05, 0.1) is 11.6 Å². The molecule has 0 saturated carbocycles. The van der Waals surface area contributed by atoms with Crippen LogP contribution in [0, 0.1) is 11.3 Å². The predicted molar refractivity (Wildman–Crippen MR) is 104 cm³/mol. The van der Waals surface area contributed by atoms with Crippen LogP contribution in [-0.2, 0) is 0 Å². The summed E-state index contributed by atoms with van der Waals surface area (Å²) >= 11 is 0. The summed E-state index contributed by atoms with van der Waals surface area (Å²) < 4.78 is 0. The van der Waals surface area contributed by atoms with Gasteiger partial charge in [-0.25, -0.2) is 0 Å². The molecule has 3 aromatic rings. The molecule has 0 radical (unpaired) electrons. The molecule has 0 aliphatic carbocycles. The Morgan fingerprint density at radius 1 is 0.963 bits per heavy atom. The second-order valence-electron chi connectivity index (χ2n) is 6.56. The summed E-state index contributed by atoms with van der Waals surface area (Å²) in [5, 5.41) is 9.85. The van der Waals surface area contributed by atoms with E-state index < -0.39 is 0 Å². The number of piperazine rings is 1. The fourth-order valence-corrected chi connectivity index (χ4v) is 3.38. The topological polar surface area (TPSA) is 80.2 Å². The molecule has 0 bridgehead atoms. The molecule has 1 saturated heterocycles. The Morgan fingerprint density at radius 2 is 1.70 bits per heavy atom. The number of nitrogens with one attached hydrogen (secondary N) is 1. The first-order valence-electron chi connectivity index (χ1n) is 8.81. The number of benzene rings is 2. The van der Waals surface area contributed by atoms with Gasteiger partial charge < -0.3 is 14.8 Å². The third-order valence-corrected chi connectivity index (χ3v) is 4.90. The van der Waals surface area contributed by atoms with Crippen molar-refractivity contribution in [2.45, 2.75) is 0 Å². The number of H-pyrrole nitrogens is 1. The van der Waals surface area contributed by atoms with E-state index in [9.17, 15) is 9.59 Å². The first kappa shape index (κ1) is 16.9. The normalized spacial score (nSPS) is 14.2. The van der Waals surface area contributed by atoms with Crippen molar-refractivity contribution in [3.05, 3.63) is 76.1 Å². The van der Waals surface area contributed by atoms with Gasteiger partial charge in [0.1, 0.15) is 0 Å². The van der Waals surface area contributed by atoms with Gasteiger partial charge in [0, 0.05) is 54.4 Å². The van der Waals surface area contributed by atoms with Gasteiger partial charge in [-0.2, -0.15) is 5.26 Å². The summed E-state index contributed by atoms with van der Waals surface area (Å²) in [6.07, 6.45) is 0. The van der Waals surface area contributed by atoms with Gasteiger partial charge in [-0.3, -0.25) is 9.59 Å². The zero-order valence-corrected chi connectivity index (χ0v) is 14.7. The molecule has 0 unspecified atom stereocenters. The first-order valence-corrected chi connectivity index (χ1v) is 8.81. The Labute approximate surface area is 156 Å². The maximum Gasteiger partial charge on any atom is 0.253 e. The number of aromatic nitrogens is 1. The molecule has 1 aromatic heterocycles. The molecule has 2 aromatic carbocycles. The number of carbonyl (C=O) groups is 1. The Kier molecular flexibility index (Phi) is 4.35. The fraction of sp³-hybridized carbons (Fsp3) is 0.190. The molecule has 1 N–H and O–H groups in total. The van der Waals surface area contributed by atoms with Crippen LogP contribution in [0.4, 0.5) is 5.69 Å². The molecule has 1 fully saturated rings. The van der Waals surface area contributed by atoms with E-state index in [1.54, 1.807) is 24.3 Å². The van der Waals surface area contributed by atoms with Crippen LogP contribution in [0.1, 0.15) is 15.9 Å². The number of amides is 1. The van der Waals surface area contributed by atoms with Gasteiger partial charge in [-0.05, 0) is 48.5 Å². The minimum atomic E-state index is -0.106. The van der Waals surface area contributed by atoms with Crippen molar-refractivity contribution in [3.8, 4) is 6.07 Å². The molecule has 1 amide bonds. The minimum absolute atomic E-state index is 0.00442. The zero-order chi connectivity index (χ0) is 18.8. The molecular weight excluding hydrogens is 340 g/mol. The minimum Gasteiger partial charge on any atom is -0.368 e. The third-order valence-electron chi connectivity index (χ3n) is 4.90. The Morgan fingerprint density at radius 3 is 2.41 bits per heavy atom. The summed E-state index contributed by atoms with van der Waals surface area (Å²) in [6.45, 7) is 2.78. The predicted octanol–water partition coefficient (Wildman–Crippen LogP) is 2.36. The second-order valence-corrected chi connectivity index (χ2v) is 6.56. The van der Waals surface area contributed by atoms with E-state index in [0.29, 0.717) is 24.2 Å². The van der Waals surface area contributed by atoms with Crippen molar-refractivity contribution in [3.63, 3.8) is 0 Å². The van der Waals surface area contributed by atoms with Crippen LogP contribution in [0.2, 0.25) is 0 Å². The van der Waals surface area contributed by atoms with Crippen LogP contribution in [0.5, 0.6) is 0 Å². The highest BCUT2D eigenvalue weighted by Crippen LogP contribution is 2.22. The van der Waals surface area contributed by atoms with Crippen LogP contribution in [0.25, 0.3) is 10.9 Å². The summed E-state index contributed by atoms with van der Waals surface area (Å²) in [6, 6.07) is 18.1. The van der Waals surface area contributed by atoms with Crippen molar-refractivity contribution >= 4 is 22.5 Å². The van der Waals surface area contributed by atoms with Gasteiger partial charge in [0.25, 0.3) is 5.91 Å². The lowest BCUT2D eigenvalue weighted by atomic mass is 10.1. The number of fused-ring (bicyclic) bond motifs is 1. The van der Waals surface area contributed by atoms with Crippen LogP contribution in [0.15, 0.2) is 59.4 Å². The molecule has 27 heavy (non-hydrogen) atoms. The third kappa shape index (κ3) is 3.40. The summed E-state index contributed by atoms with van der Waals surface area (Å²) in [5.74, 6) is -0.00442. The van der Waals surface area contributed by atoms with E-state index in [2.05, 4.69) is 22.0 Å². The molecule has 6 nitrogen and oxygen atoms in total. The Hall–Kier alpha value is -3.59. The summed E-state index contributed by atoms with van der Waals surface area (Å²) in [4.78, 5) is 31.0. The number of nitriles is 1. The first-order chi connectivity index (χ1) is 13.1. The van der Waals surface area contributed by atoms with E-state index in [1.807, 2.05) is 23.1 Å². The lowest BCUT2D eigenvalue weighted by Gasteiger charge is -2.36. The number of aromatic amines is 1. The number of hydrogen-bond donors (Lipinski definition) is 1. The average Bonchev–Trinajstić information content (AvgIpc) is 2.73. The van der Waals surface area contributed by atoms with Gasteiger partial charge in [0.15, 0.2) is 0 Å². The van der Waals surface area contributed by atoms with Gasteiger partial charge in [-0.1, -0.05) is 0 Å². The van der Waals surface area contributed by atoms with Gasteiger partial charge >= 0.3 is 0 Å². The number of rotatable bonds is 2. The number of anilines is 1. The Balaban J connectivity index is 1.45. The number of carbonyl (C=O) groups excluding carboxylic acids is 1. The van der Waals surface area contributed by atoms with E-state index in [4.69, 9.17) is 5.26 Å². The molecule has 0 atom stereocenters. The van der Waals surface area contributed by atoms with Crippen LogP contribution >= 0.6 is 0 Å². The molecule has 0 spiro atoms. The van der Waals surface area contributed by atoms with Crippen molar-refractivity contribution < 1.29 is 4.79 Å². The van der Waals surface area contributed by atoms with E-state index in [-0.39, 0.29) is 11.5 Å². The SMILES string of the molecule is N#Cc1ccc(C(=O)N2CCN(c3ccc4[nH]c(=O)ccc4c3)CC2)cc1. The highest BCUT2D eigenvalue weighted by molar-refractivity contribution is 5.94. The molecule has 134 valence electrons. The molecule has 4 rings (SSSR count). The molecular formula is C21H18N4O2. The monoisotopic (exact) mass is 358 g/mol. The van der Waals surface area contributed by atoms with Crippen LogP contribution < -0.4 is 10.5 Å². The number of pyridine rings is 1. The lowest BCUT2D eigenvalue weighted by Crippen LogP contribution is -2.48.